The number of aliphatic hydroxyl groups is 1. The summed E-state index contributed by atoms with van der Waals surface area (Å²) in [6.07, 6.45) is -1.21. The smallest absolute Gasteiger partial charge is 0.254 e. The molecule has 6 heteroatoms. The molecule has 0 radical (unpaired) electrons. The Bertz CT molecular complexity index is 550. The van der Waals surface area contributed by atoms with Crippen LogP contribution in [0.4, 0.5) is 5.69 Å². The minimum Gasteiger partial charge on any atom is -0.441 e. The first-order chi connectivity index (χ1) is 8.10. The molecule has 0 fully saturated rings. The Morgan fingerprint density at radius 2 is 2.41 bits per heavy atom. The summed E-state index contributed by atoms with van der Waals surface area (Å²) in [4.78, 5) is 15.5. The van der Waals surface area contributed by atoms with E-state index in [0.29, 0.717) is 17.2 Å². The standard InChI is InChI=1S/C11H13N3O3/c1-6-13-8-3-2-7(4-10(8)17-6)14-11(16)9(15)5-12/h2-4,9,15H,5,12H2,1H3,(H,14,16). The molecule has 0 spiro atoms. The maximum Gasteiger partial charge on any atom is 0.254 e. The van der Waals surface area contributed by atoms with Gasteiger partial charge in [0, 0.05) is 25.2 Å². The number of carbonyl (C=O) groups excluding carboxylic acids is 1. The topological polar surface area (TPSA) is 101 Å². The molecule has 1 amide bonds. The number of aryl methyl sites for hydroxylation is 1. The molecule has 1 heterocycles. The van der Waals surface area contributed by atoms with Gasteiger partial charge in [0.2, 0.25) is 0 Å². The number of hydrogen-bond donors (Lipinski definition) is 3. The third kappa shape index (κ3) is 2.43. The first kappa shape index (κ1) is 11.6. The van der Waals surface area contributed by atoms with E-state index < -0.39 is 12.0 Å². The SMILES string of the molecule is Cc1nc2ccc(NC(=O)C(O)CN)cc2o1. The van der Waals surface area contributed by atoms with Gasteiger partial charge in [-0.2, -0.15) is 0 Å². The molecule has 0 aliphatic rings. The molecule has 1 unspecified atom stereocenters. The average molecular weight is 235 g/mol. The van der Waals surface area contributed by atoms with E-state index in [1.165, 1.54) is 0 Å². The summed E-state index contributed by atoms with van der Waals surface area (Å²) in [6, 6.07) is 5.07. The van der Waals surface area contributed by atoms with Gasteiger partial charge in [-0.1, -0.05) is 0 Å². The molecule has 1 aromatic carbocycles. The molecule has 2 aromatic rings. The lowest BCUT2D eigenvalue weighted by atomic mass is 10.2. The summed E-state index contributed by atoms with van der Waals surface area (Å²) >= 11 is 0. The Morgan fingerprint density at radius 1 is 1.65 bits per heavy atom. The van der Waals surface area contributed by atoms with E-state index >= 15 is 0 Å². The van der Waals surface area contributed by atoms with Crippen molar-refractivity contribution in [1.82, 2.24) is 4.98 Å². The fraction of sp³-hybridized carbons (Fsp3) is 0.273. The molecule has 0 aliphatic carbocycles. The largest absolute Gasteiger partial charge is 0.441 e. The van der Waals surface area contributed by atoms with Gasteiger partial charge in [0.15, 0.2) is 11.5 Å². The number of anilines is 1. The van der Waals surface area contributed by atoms with Gasteiger partial charge in [-0.25, -0.2) is 4.98 Å². The number of amides is 1. The van der Waals surface area contributed by atoms with Crippen LogP contribution in [0.1, 0.15) is 5.89 Å². The lowest BCUT2D eigenvalue weighted by molar-refractivity contribution is -0.123. The summed E-state index contributed by atoms with van der Waals surface area (Å²) in [6.45, 7) is 1.63. The Morgan fingerprint density at radius 3 is 3.12 bits per heavy atom. The van der Waals surface area contributed by atoms with E-state index in [9.17, 15) is 9.90 Å². The maximum absolute atomic E-state index is 11.4. The normalized spacial score (nSPS) is 12.6. The Hall–Kier alpha value is -1.92. The van der Waals surface area contributed by atoms with E-state index in [1.807, 2.05) is 0 Å². The highest BCUT2D eigenvalue weighted by Gasteiger charge is 2.13. The molecule has 0 saturated carbocycles. The third-order valence-corrected chi connectivity index (χ3v) is 2.29. The molecular weight excluding hydrogens is 222 g/mol. The summed E-state index contributed by atoms with van der Waals surface area (Å²) in [5.41, 5.74) is 7.02. The van der Waals surface area contributed by atoms with Crippen LogP contribution in [0.5, 0.6) is 0 Å². The minimum absolute atomic E-state index is 0.116. The molecule has 0 saturated heterocycles. The molecule has 90 valence electrons. The van der Waals surface area contributed by atoms with Crippen LogP contribution in [0, 0.1) is 6.92 Å². The number of fused-ring (bicyclic) bond motifs is 1. The van der Waals surface area contributed by atoms with Crippen molar-refractivity contribution in [2.45, 2.75) is 13.0 Å². The van der Waals surface area contributed by atoms with Crippen LogP contribution >= 0.6 is 0 Å². The van der Waals surface area contributed by atoms with Gasteiger partial charge in [-0.15, -0.1) is 0 Å². The number of oxazole rings is 1. The van der Waals surface area contributed by atoms with Crippen LogP contribution in [-0.2, 0) is 4.79 Å². The first-order valence-electron chi connectivity index (χ1n) is 5.16. The number of hydrogen-bond acceptors (Lipinski definition) is 5. The van der Waals surface area contributed by atoms with Crippen LogP contribution in [0.3, 0.4) is 0 Å². The number of aromatic nitrogens is 1. The van der Waals surface area contributed by atoms with Crippen molar-refractivity contribution >= 4 is 22.7 Å². The third-order valence-electron chi connectivity index (χ3n) is 2.29. The Balaban J connectivity index is 2.22. The van der Waals surface area contributed by atoms with Gasteiger partial charge in [0.1, 0.15) is 11.6 Å². The van der Waals surface area contributed by atoms with Crippen molar-refractivity contribution in [1.29, 1.82) is 0 Å². The lowest BCUT2D eigenvalue weighted by Gasteiger charge is -2.08. The highest BCUT2D eigenvalue weighted by molar-refractivity contribution is 5.95. The highest BCUT2D eigenvalue weighted by Crippen LogP contribution is 2.19. The van der Waals surface area contributed by atoms with Crippen molar-refractivity contribution in [3.63, 3.8) is 0 Å². The zero-order chi connectivity index (χ0) is 12.4. The number of aliphatic hydroxyl groups excluding tert-OH is 1. The average Bonchev–Trinajstić information content (AvgIpc) is 2.67. The molecular formula is C11H13N3O3. The monoisotopic (exact) mass is 235 g/mol. The number of nitrogens with two attached hydrogens (primary N) is 1. The van der Waals surface area contributed by atoms with E-state index in [0.717, 1.165) is 5.52 Å². The van der Waals surface area contributed by atoms with Gasteiger partial charge in [0.05, 0.1) is 0 Å². The van der Waals surface area contributed by atoms with E-state index in [4.69, 9.17) is 10.2 Å². The molecule has 2 rings (SSSR count). The van der Waals surface area contributed by atoms with E-state index in [-0.39, 0.29) is 6.54 Å². The van der Waals surface area contributed by atoms with Crippen LogP contribution in [0.25, 0.3) is 11.1 Å². The second-order valence-corrected chi connectivity index (χ2v) is 3.66. The molecule has 4 N–H and O–H groups in total. The van der Waals surface area contributed by atoms with Gasteiger partial charge in [-0.05, 0) is 12.1 Å². The molecule has 6 nitrogen and oxygen atoms in total. The van der Waals surface area contributed by atoms with Crippen molar-refractivity contribution in [2.75, 3.05) is 11.9 Å². The predicted molar refractivity (Wildman–Crippen MR) is 62.4 cm³/mol. The molecule has 1 atom stereocenters. The zero-order valence-corrected chi connectivity index (χ0v) is 9.30. The van der Waals surface area contributed by atoms with Crippen LogP contribution in [0.15, 0.2) is 22.6 Å². The first-order valence-corrected chi connectivity index (χ1v) is 5.16. The molecule has 0 bridgehead atoms. The molecule has 17 heavy (non-hydrogen) atoms. The van der Waals surface area contributed by atoms with Gasteiger partial charge in [-0.3, -0.25) is 4.79 Å². The van der Waals surface area contributed by atoms with Crippen LogP contribution in [-0.4, -0.2) is 28.6 Å². The quantitative estimate of drug-likeness (QED) is 0.714. The molecule has 0 aliphatic heterocycles. The van der Waals surface area contributed by atoms with Crippen LogP contribution < -0.4 is 11.1 Å². The second kappa shape index (κ2) is 4.52. The van der Waals surface area contributed by atoms with E-state index in [1.54, 1.807) is 25.1 Å². The number of nitrogens with zero attached hydrogens (tertiary/aromatic N) is 1. The van der Waals surface area contributed by atoms with Gasteiger partial charge >= 0.3 is 0 Å². The van der Waals surface area contributed by atoms with Crippen molar-refractivity contribution in [3.8, 4) is 0 Å². The summed E-state index contributed by atoms with van der Waals surface area (Å²) in [7, 11) is 0. The van der Waals surface area contributed by atoms with Crippen molar-refractivity contribution in [2.24, 2.45) is 5.73 Å². The minimum atomic E-state index is -1.21. The fourth-order valence-corrected chi connectivity index (χ4v) is 1.45. The number of carbonyl (C=O) groups is 1. The summed E-state index contributed by atoms with van der Waals surface area (Å²) in [5, 5.41) is 11.8. The number of nitrogens with one attached hydrogen (secondary N) is 1. The van der Waals surface area contributed by atoms with E-state index in [2.05, 4.69) is 10.3 Å². The zero-order valence-electron chi connectivity index (χ0n) is 9.30. The summed E-state index contributed by atoms with van der Waals surface area (Å²) in [5.74, 6) is 0.0218. The predicted octanol–water partition coefficient (Wildman–Crippen LogP) is 0.394. The number of benzene rings is 1. The number of rotatable bonds is 3. The highest BCUT2D eigenvalue weighted by atomic mass is 16.3. The Kier molecular flexibility index (Phi) is 3.08. The van der Waals surface area contributed by atoms with Crippen molar-refractivity contribution < 1.29 is 14.3 Å². The maximum atomic E-state index is 11.4. The Labute approximate surface area is 97.4 Å². The van der Waals surface area contributed by atoms with Gasteiger partial charge < -0.3 is 20.6 Å². The summed E-state index contributed by atoms with van der Waals surface area (Å²) < 4.78 is 5.33. The lowest BCUT2D eigenvalue weighted by Crippen LogP contribution is -2.34. The molecule has 1 aromatic heterocycles. The fourth-order valence-electron chi connectivity index (χ4n) is 1.45. The second-order valence-electron chi connectivity index (χ2n) is 3.66. The van der Waals surface area contributed by atoms with Gasteiger partial charge in [0.25, 0.3) is 5.91 Å². The van der Waals surface area contributed by atoms with Crippen molar-refractivity contribution in [3.05, 3.63) is 24.1 Å². The van der Waals surface area contributed by atoms with Crippen LogP contribution in [0.2, 0.25) is 0 Å².